The standard InChI is InChI=1S/C18H15FN4/c1-2-11-5-8-15(19)14-10-12(6-7-13(11)14)21-18-17-16(22-23-18)4-3-9-20-17/h3-10H,2H2,1H3,(H2,21,22,23). The average Bonchev–Trinajstić information content (AvgIpc) is 2.99. The van der Waals surface area contributed by atoms with Crippen LogP contribution in [-0.4, -0.2) is 15.2 Å². The van der Waals surface area contributed by atoms with Gasteiger partial charge in [0.1, 0.15) is 11.3 Å². The van der Waals surface area contributed by atoms with Gasteiger partial charge in [0.15, 0.2) is 5.82 Å². The quantitative estimate of drug-likeness (QED) is 0.583. The first-order valence-electron chi connectivity index (χ1n) is 7.53. The van der Waals surface area contributed by atoms with Crippen molar-refractivity contribution in [2.45, 2.75) is 13.3 Å². The Balaban J connectivity index is 1.79. The molecule has 0 bridgehead atoms. The third kappa shape index (κ3) is 2.30. The van der Waals surface area contributed by atoms with Gasteiger partial charge < -0.3 is 5.32 Å². The molecule has 2 heterocycles. The zero-order valence-electron chi connectivity index (χ0n) is 12.6. The number of halogens is 1. The van der Waals surface area contributed by atoms with E-state index < -0.39 is 0 Å². The normalized spacial score (nSPS) is 11.2. The number of hydrogen-bond acceptors (Lipinski definition) is 3. The van der Waals surface area contributed by atoms with Gasteiger partial charge in [0.05, 0.1) is 5.52 Å². The topological polar surface area (TPSA) is 53.6 Å². The van der Waals surface area contributed by atoms with Crippen molar-refractivity contribution in [3.63, 3.8) is 0 Å². The van der Waals surface area contributed by atoms with Crippen molar-refractivity contribution in [1.29, 1.82) is 0 Å². The molecule has 5 heteroatoms. The van der Waals surface area contributed by atoms with E-state index in [1.807, 2.05) is 36.4 Å². The number of nitrogens with one attached hydrogen (secondary N) is 2. The summed E-state index contributed by atoms with van der Waals surface area (Å²) in [6, 6.07) is 12.8. The van der Waals surface area contributed by atoms with Crippen molar-refractivity contribution >= 4 is 33.3 Å². The Hall–Kier alpha value is -2.95. The van der Waals surface area contributed by atoms with Gasteiger partial charge >= 0.3 is 0 Å². The summed E-state index contributed by atoms with van der Waals surface area (Å²) in [5, 5.41) is 11.9. The highest BCUT2D eigenvalue weighted by molar-refractivity contribution is 5.92. The molecule has 0 spiro atoms. The smallest absolute Gasteiger partial charge is 0.178 e. The minimum atomic E-state index is -0.217. The zero-order chi connectivity index (χ0) is 15.8. The fourth-order valence-corrected chi connectivity index (χ4v) is 2.84. The molecule has 0 fully saturated rings. The highest BCUT2D eigenvalue weighted by Gasteiger charge is 2.09. The summed E-state index contributed by atoms with van der Waals surface area (Å²) >= 11 is 0. The molecule has 2 aromatic heterocycles. The van der Waals surface area contributed by atoms with Crippen molar-refractivity contribution in [3.05, 3.63) is 60.0 Å². The lowest BCUT2D eigenvalue weighted by molar-refractivity contribution is 0.639. The van der Waals surface area contributed by atoms with Crippen LogP contribution in [0.1, 0.15) is 12.5 Å². The summed E-state index contributed by atoms with van der Waals surface area (Å²) in [5.74, 6) is 0.415. The Kier molecular flexibility index (Phi) is 3.19. The summed E-state index contributed by atoms with van der Waals surface area (Å²) in [5.41, 5.74) is 3.54. The molecule has 0 aliphatic heterocycles. The van der Waals surface area contributed by atoms with E-state index in [2.05, 4.69) is 27.4 Å². The molecule has 0 radical (unpaired) electrons. The maximum absolute atomic E-state index is 14.2. The van der Waals surface area contributed by atoms with Crippen LogP contribution in [0, 0.1) is 5.82 Å². The highest BCUT2D eigenvalue weighted by atomic mass is 19.1. The van der Waals surface area contributed by atoms with Crippen LogP contribution in [0.3, 0.4) is 0 Å². The van der Waals surface area contributed by atoms with E-state index in [-0.39, 0.29) is 5.82 Å². The van der Waals surface area contributed by atoms with Crippen LogP contribution in [0.25, 0.3) is 21.8 Å². The van der Waals surface area contributed by atoms with Gasteiger partial charge in [0.25, 0.3) is 0 Å². The number of H-pyrrole nitrogens is 1. The Bertz CT molecular complexity index is 1010. The summed E-state index contributed by atoms with van der Waals surface area (Å²) in [7, 11) is 0. The molecule has 0 saturated heterocycles. The predicted molar refractivity (Wildman–Crippen MR) is 90.5 cm³/mol. The van der Waals surface area contributed by atoms with Crippen LogP contribution < -0.4 is 5.32 Å². The first-order valence-corrected chi connectivity index (χ1v) is 7.53. The highest BCUT2D eigenvalue weighted by Crippen LogP contribution is 2.28. The Labute approximate surface area is 132 Å². The number of benzene rings is 2. The molecular formula is C18H15FN4. The second kappa shape index (κ2) is 5.35. The minimum absolute atomic E-state index is 0.217. The molecule has 23 heavy (non-hydrogen) atoms. The van der Waals surface area contributed by atoms with Crippen molar-refractivity contribution in [2.24, 2.45) is 0 Å². The fraction of sp³-hybridized carbons (Fsp3) is 0.111. The summed E-state index contributed by atoms with van der Waals surface area (Å²) in [6.07, 6.45) is 2.59. The first kappa shape index (κ1) is 13.7. The van der Waals surface area contributed by atoms with Crippen molar-refractivity contribution in [2.75, 3.05) is 5.32 Å². The van der Waals surface area contributed by atoms with Crippen LogP contribution in [0.2, 0.25) is 0 Å². The van der Waals surface area contributed by atoms with Gasteiger partial charge in [-0.1, -0.05) is 19.1 Å². The third-order valence-electron chi connectivity index (χ3n) is 4.02. The summed E-state index contributed by atoms with van der Waals surface area (Å²) < 4.78 is 14.2. The van der Waals surface area contributed by atoms with Gasteiger partial charge in [-0.2, -0.15) is 5.10 Å². The molecule has 0 saturated carbocycles. The molecule has 4 rings (SSSR count). The summed E-state index contributed by atoms with van der Waals surface area (Å²) in [6.45, 7) is 2.07. The number of aryl methyl sites for hydroxylation is 1. The Morgan fingerprint density at radius 3 is 2.91 bits per heavy atom. The first-order chi connectivity index (χ1) is 11.3. The number of pyridine rings is 1. The van der Waals surface area contributed by atoms with Gasteiger partial charge in [-0.15, -0.1) is 0 Å². The maximum atomic E-state index is 14.2. The van der Waals surface area contributed by atoms with Gasteiger partial charge in [0.2, 0.25) is 0 Å². The van der Waals surface area contributed by atoms with Crippen LogP contribution >= 0.6 is 0 Å². The molecule has 2 N–H and O–H groups in total. The number of rotatable bonds is 3. The van der Waals surface area contributed by atoms with E-state index in [0.29, 0.717) is 11.2 Å². The fourth-order valence-electron chi connectivity index (χ4n) is 2.84. The van der Waals surface area contributed by atoms with E-state index in [0.717, 1.165) is 34.1 Å². The van der Waals surface area contributed by atoms with Crippen LogP contribution in [0.15, 0.2) is 48.7 Å². The second-order valence-corrected chi connectivity index (χ2v) is 5.42. The number of nitrogens with zero attached hydrogens (tertiary/aromatic N) is 2. The van der Waals surface area contributed by atoms with Gasteiger partial charge in [-0.05, 0) is 47.7 Å². The molecular weight excluding hydrogens is 291 g/mol. The second-order valence-electron chi connectivity index (χ2n) is 5.42. The van der Waals surface area contributed by atoms with E-state index in [1.165, 1.54) is 6.07 Å². The summed E-state index contributed by atoms with van der Waals surface area (Å²) in [4.78, 5) is 4.31. The number of hydrogen-bond donors (Lipinski definition) is 2. The van der Waals surface area contributed by atoms with Crippen molar-refractivity contribution < 1.29 is 4.39 Å². The molecule has 0 aliphatic carbocycles. The van der Waals surface area contributed by atoms with Crippen LogP contribution in [0.4, 0.5) is 15.9 Å². The molecule has 0 unspecified atom stereocenters. The lowest BCUT2D eigenvalue weighted by atomic mass is 10.0. The molecule has 4 aromatic rings. The molecule has 2 aromatic carbocycles. The molecule has 0 aliphatic rings. The van der Waals surface area contributed by atoms with Gasteiger partial charge in [-0.25, -0.2) is 4.39 Å². The SMILES string of the molecule is CCc1ccc(F)c2cc(Nc3n[nH]c4cccnc34)ccc12. The largest absolute Gasteiger partial charge is 0.337 e. The van der Waals surface area contributed by atoms with Crippen LogP contribution in [0.5, 0.6) is 0 Å². The van der Waals surface area contributed by atoms with E-state index in [4.69, 9.17) is 0 Å². The molecule has 114 valence electrons. The molecule has 0 atom stereocenters. The minimum Gasteiger partial charge on any atom is -0.337 e. The number of aromatic nitrogens is 3. The van der Waals surface area contributed by atoms with E-state index >= 15 is 0 Å². The van der Waals surface area contributed by atoms with E-state index in [1.54, 1.807) is 6.20 Å². The van der Waals surface area contributed by atoms with Crippen molar-refractivity contribution in [3.8, 4) is 0 Å². The van der Waals surface area contributed by atoms with Gasteiger partial charge in [0, 0.05) is 17.3 Å². The molecule has 4 nitrogen and oxygen atoms in total. The van der Waals surface area contributed by atoms with Crippen molar-refractivity contribution in [1.82, 2.24) is 15.2 Å². The lowest BCUT2D eigenvalue weighted by Gasteiger charge is -2.09. The number of anilines is 2. The number of aromatic amines is 1. The third-order valence-corrected chi connectivity index (χ3v) is 4.02. The predicted octanol–water partition coefficient (Wildman–Crippen LogP) is 4.56. The van der Waals surface area contributed by atoms with Gasteiger partial charge in [-0.3, -0.25) is 10.1 Å². The average molecular weight is 306 g/mol. The maximum Gasteiger partial charge on any atom is 0.178 e. The Morgan fingerprint density at radius 2 is 2.04 bits per heavy atom. The Morgan fingerprint density at radius 1 is 1.13 bits per heavy atom. The molecule has 0 amide bonds. The number of fused-ring (bicyclic) bond motifs is 2. The monoisotopic (exact) mass is 306 g/mol. The lowest BCUT2D eigenvalue weighted by Crippen LogP contribution is -1.94. The zero-order valence-corrected chi connectivity index (χ0v) is 12.6. The van der Waals surface area contributed by atoms with E-state index in [9.17, 15) is 4.39 Å². The van der Waals surface area contributed by atoms with Crippen LogP contribution in [-0.2, 0) is 6.42 Å².